The number of carbonyl (C=O) groups excluding carboxylic acids is 1. The molecule has 0 radical (unpaired) electrons. The molecule has 2 rings (SSSR count). The van der Waals surface area contributed by atoms with E-state index in [0.717, 1.165) is 63.4 Å². The van der Waals surface area contributed by atoms with E-state index in [1.807, 2.05) is 6.07 Å². The standard InChI is InChI=1S/C23H35N3OS/c1-3-5-12-19(10-4-2)23(17-24,20-13-7-6-8-14-20)16-18-11-9-15-21(18)28-26-22(25)27/h6-8,13-14,18-19,21H,3-5,9-12,15-16H2,1-2H3,(H3,25,26,27). The van der Waals surface area contributed by atoms with Crippen LogP contribution in [0.25, 0.3) is 0 Å². The van der Waals surface area contributed by atoms with Crippen LogP contribution in [0.15, 0.2) is 30.3 Å². The van der Waals surface area contributed by atoms with Crippen LogP contribution in [0.1, 0.15) is 77.2 Å². The average molecular weight is 402 g/mol. The normalized spacial score (nSPS) is 22.2. The Morgan fingerprint density at radius 1 is 1.29 bits per heavy atom. The summed E-state index contributed by atoms with van der Waals surface area (Å²) in [5.41, 5.74) is 5.97. The van der Waals surface area contributed by atoms with Crippen molar-refractivity contribution >= 4 is 18.0 Å². The Kier molecular flexibility index (Phi) is 9.18. The van der Waals surface area contributed by atoms with Crippen molar-refractivity contribution in [1.82, 2.24) is 4.72 Å². The molecule has 28 heavy (non-hydrogen) atoms. The maximum Gasteiger partial charge on any atom is 0.322 e. The van der Waals surface area contributed by atoms with Gasteiger partial charge < -0.3 is 5.73 Å². The number of primary amides is 1. The molecule has 0 saturated heterocycles. The SMILES string of the molecule is CCCCC(CCC)C(C#N)(CC1CCCC1SNC(N)=O)c1ccccc1. The first-order valence-electron chi connectivity index (χ1n) is 10.7. The number of nitriles is 1. The third-order valence-corrected chi connectivity index (χ3v) is 7.46. The first-order valence-corrected chi connectivity index (χ1v) is 11.6. The number of benzene rings is 1. The fourth-order valence-electron chi connectivity index (χ4n) is 4.83. The summed E-state index contributed by atoms with van der Waals surface area (Å²) in [7, 11) is 0. The van der Waals surface area contributed by atoms with Gasteiger partial charge in [-0.3, -0.25) is 4.72 Å². The smallest absolute Gasteiger partial charge is 0.322 e. The van der Waals surface area contributed by atoms with Crippen LogP contribution >= 0.6 is 11.9 Å². The number of urea groups is 1. The predicted molar refractivity (Wildman–Crippen MR) is 118 cm³/mol. The predicted octanol–water partition coefficient (Wildman–Crippen LogP) is 5.93. The highest BCUT2D eigenvalue weighted by molar-refractivity contribution is 7.98. The highest BCUT2D eigenvalue weighted by Crippen LogP contribution is 2.47. The summed E-state index contributed by atoms with van der Waals surface area (Å²) in [6, 6.07) is 12.7. The highest BCUT2D eigenvalue weighted by atomic mass is 32.2. The number of unbranched alkanes of at least 4 members (excludes halogenated alkanes) is 1. The minimum absolute atomic E-state index is 0.331. The fraction of sp³-hybridized carbons (Fsp3) is 0.652. The third-order valence-electron chi connectivity index (χ3n) is 6.21. The monoisotopic (exact) mass is 401 g/mol. The summed E-state index contributed by atoms with van der Waals surface area (Å²) < 4.78 is 2.72. The minimum atomic E-state index is -0.489. The summed E-state index contributed by atoms with van der Waals surface area (Å²) in [6.45, 7) is 4.44. The molecule has 1 aromatic rings. The number of hydrogen-bond donors (Lipinski definition) is 2. The zero-order valence-electron chi connectivity index (χ0n) is 17.3. The first kappa shape index (κ1) is 22.6. The molecule has 3 N–H and O–H groups in total. The topological polar surface area (TPSA) is 78.9 Å². The molecular weight excluding hydrogens is 366 g/mol. The van der Waals surface area contributed by atoms with E-state index in [0.29, 0.717) is 17.1 Å². The van der Waals surface area contributed by atoms with Gasteiger partial charge in [0.05, 0.1) is 11.5 Å². The van der Waals surface area contributed by atoms with Crippen molar-refractivity contribution in [3.05, 3.63) is 35.9 Å². The lowest BCUT2D eigenvalue weighted by atomic mass is 9.63. The largest absolute Gasteiger partial charge is 0.351 e. The lowest BCUT2D eigenvalue weighted by Gasteiger charge is -2.39. The molecule has 0 aliphatic heterocycles. The number of hydrogen-bond acceptors (Lipinski definition) is 3. The van der Waals surface area contributed by atoms with Gasteiger partial charge in [0, 0.05) is 5.25 Å². The molecular formula is C23H35N3OS. The van der Waals surface area contributed by atoms with Gasteiger partial charge in [-0.25, -0.2) is 4.79 Å². The number of nitrogens with zero attached hydrogens (tertiary/aromatic N) is 1. The van der Waals surface area contributed by atoms with Crippen molar-refractivity contribution in [2.75, 3.05) is 0 Å². The van der Waals surface area contributed by atoms with Crippen LogP contribution in [-0.4, -0.2) is 11.3 Å². The maximum atomic E-state index is 11.2. The summed E-state index contributed by atoms with van der Waals surface area (Å²) >= 11 is 1.46. The van der Waals surface area contributed by atoms with Gasteiger partial charge in [-0.2, -0.15) is 5.26 Å². The summed E-state index contributed by atoms with van der Waals surface area (Å²) in [5.74, 6) is 0.776. The lowest BCUT2D eigenvalue weighted by Crippen LogP contribution is -2.38. The molecule has 1 aliphatic carbocycles. The molecule has 5 heteroatoms. The van der Waals surface area contributed by atoms with Gasteiger partial charge in [0.1, 0.15) is 0 Å². The Morgan fingerprint density at radius 2 is 2.04 bits per heavy atom. The van der Waals surface area contributed by atoms with Gasteiger partial charge in [-0.05, 0) is 61.5 Å². The molecule has 1 saturated carbocycles. The van der Waals surface area contributed by atoms with Gasteiger partial charge in [-0.1, -0.05) is 69.9 Å². The van der Waals surface area contributed by atoms with E-state index >= 15 is 0 Å². The van der Waals surface area contributed by atoms with E-state index < -0.39 is 11.4 Å². The summed E-state index contributed by atoms with van der Waals surface area (Å²) in [6.07, 6.45) is 9.76. The van der Waals surface area contributed by atoms with Gasteiger partial charge >= 0.3 is 6.03 Å². The quantitative estimate of drug-likeness (QED) is 0.451. The number of nitrogens with two attached hydrogens (primary N) is 1. The van der Waals surface area contributed by atoms with Crippen LogP contribution in [0.3, 0.4) is 0 Å². The molecule has 0 spiro atoms. The number of nitrogens with one attached hydrogen (secondary N) is 1. The van der Waals surface area contributed by atoms with Crippen molar-refractivity contribution in [3.63, 3.8) is 0 Å². The Morgan fingerprint density at radius 3 is 2.64 bits per heavy atom. The van der Waals surface area contributed by atoms with Crippen LogP contribution in [0, 0.1) is 23.2 Å². The van der Waals surface area contributed by atoms with E-state index in [4.69, 9.17) is 5.73 Å². The first-order chi connectivity index (χ1) is 13.6. The summed E-state index contributed by atoms with van der Waals surface area (Å²) in [4.78, 5) is 11.2. The summed E-state index contributed by atoms with van der Waals surface area (Å²) in [5, 5.41) is 10.9. The van der Waals surface area contributed by atoms with Crippen LogP contribution in [-0.2, 0) is 5.41 Å². The van der Waals surface area contributed by atoms with Crippen molar-refractivity contribution in [2.45, 2.75) is 82.3 Å². The van der Waals surface area contributed by atoms with Gasteiger partial charge in [0.2, 0.25) is 0 Å². The molecule has 1 aliphatic rings. The second kappa shape index (κ2) is 11.4. The highest BCUT2D eigenvalue weighted by Gasteiger charge is 2.44. The van der Waals surface area contributed by atoms with Gasteiger partial charge in [0.15, 0.2) is 0 Å². The lowest BCUT2D eigenvalue weighted by molar-refractivity contribution is 0.241. The average Bonchev–Trinajstić information content (AvgIpc) is 3.15. The Hall–Kier alpha value is -1.67. The van der Waals surface area contributed by atoms with E-state index in [9.17, 15) is 10.1 Å². The molecule has 1 aromatic carbocycles. The fourth-order valence-corrected chi connectivity index (χ4v) is 5.81. The molecule has 154 valence electrons. The van der Waals surface area contributed by atoms with Crippen molar-refractivity contribution in [2.24, 2.45) is 17.6 Å². The van der Waals surface area contributed by atoms with Crippen molar-refractivity contribution < 1.29 is 4.79 Å². The molecule has 2 amide bonds. The minimum Gasteiger partial charge on any atom is -0.351 e. The second-order valence-electron chi connectivity index (χ2n) is 8.09. The van der Waals surface area contributed by atoms with E-state index in [-0.39, 0.29) is 0 Å². The molecule has 4 unspecified atom stereocenters. The Bertz CT molecular complexity index is 645. The van der Waals surface area contributed by atoms with Gasteiger partial charge in [-0.15, -0.1) is 0 Å². The molecule has 4 atom stereocenters. The zero-order chi connectivity index (χ0) is 20.4. The van der Waals surface area contributed by atoms with Crippen LogP contribution in [0.2, 0.25) is 0 Å². The van der Waals surface area contributed by atoms with Crippen molar-refractivity contribution in [1.29, 1.82) is 5.26 Å². The molecule has 0 aromatic heterocycles. The number of carbonyl (C=O) groups is 1. The van der Waals surface area contributed by atoms with Crippen LogP contribution < -0.4 is 10.5 Å². The van der Waals surface area contributed by atoms with E-state index in [1.165, 1.54) is 11.9 Å². The third kappa shape index (κ3) is 5.67. The van der Waals surface area contributed by atoms with Gasteiger partial charge in [0.25, 0.3) is 0 Å². The van der Waals surface area contributed by atoms with Crippen LogP contribution in [0.4, 0.5) is 4.79 Å². The second-order valence-corrected chi connectivity index (χ2v) is 9.14. The molecule has 0 heterocycles. The van der Waals surface area contributed by atoms with Crippen molar-refractivity contribution in [3.8, 4) is 6.07 Å². The van der Waals surface area contributed by atoms with E-state index in [2.05, 4.69) is 48.9 Å². The number of amides is 2. The van der Waals surface area contributed by atoms with E-state index in [1.54, 1.807) is 0 Å². The zero-order valence-corrected chi connectivity index (χ0v) is 18.1. The van der Waals surface area contributed by atoms with Crippen LogP contribution in [0.5, 0.6) is 0 Å². The molecule has 1 fully saturated rings. The maximum absolute atomic E-state index is 11.2. The number of rotatable bonds is 11. The Balaban J connectivity index is 2.34. The molecule has 4 nitrogen and oxygen atoms in total. The molecule has 0 bridgehead atoms. The Labute approximate surface area is 174 Å².